The molecule has 3 heteroatoms. The Morgan fingerprint density at radius 2 is 2.31 bits per heavy atom. The molecule has 0 aromatic carbocycles. The van der Waals surface area contributed by atoms with E-state index in [9.17, 15) is 4.79 Å². The van der Waals surface area contributed by atoms with Crippen LogP contribution in [0.2, 0.25) is 0 Å². The normalized spacial score (nSPS) is 20.9. The van der Waals surface area contributed by atoms with Gasteiger partial charge in [-0.2, -0.15) is 0 Å². The van der Waals surface area contributed by atoms with Crippen molar-refractivity contribution in [3.8, 4) is 0 Å². The molecule has 0 saturated carbocycles. The van der Waals surface area contributed by atoms with Crippen molar-refractivity contribution in [2.24, 2.45) is 4.99 Å². The van der Waals surface area contributed by atoms with Gasteiger partial charge in [-0.3, -0.25) is 0 Å². The monoisotopic (exact) mass is 184 g/mol. The highest BCUT2D eigenvalue weighted by molar-refractivity contribution is 5.32. The predicted octanol–water partition coefficient (Wildman–Crippen LogP) is 1.88. The number of rotatable bonds is 2. The Morgan fingerprint density at radius 3 is 2.54 bits per heavy atom. The highest BCUT2D eigenvalue weighted by atomic mass is 16.1. The van der Waals surface area contributed by atoms with Crippen LogP contribution in [0.1, 0.15) is 39.5 Å². The van der Waals surface area contributed by atoms with Crippen LogP contribution in [-0.2, 0) is 4.79 Å². The average Bonchev–Trinajstić information content (AvgIpc) is 2.17. The number of isocyanates is 1. The average molecular weight is 184 g/mol. The third-order valence-electron chi connectivity index (χ3n) is 1.96. The zero-order chi connectivity index (χ0) is 9.94. The molecule has 1 N–H and O–H groups in total. The summed E-state index contributed by atoms with van der Waals surface area (Å²) < 4.78 is 0. The van der Waals surface area contributed by atoms with Crippen molar-refractivity contribution in [1.82, 2.24) is 5.32 Å². The first kappa shape index (κ1) is 12.3. The molecule has 0 spiro atoms. The Morgan fingerprint density at radius 1 is 1.54 bits per heavy atom. The number of piperidine rings is 1. The predicted molar refractivity (Wildman–Crippen MR) is 54.6 cm³/mol. The van der Waals surface area contributed by atoms with Crippen LogP contribution in [0.25, 0.3) is 0 Å². The van der Waals surface area contributed by atoms with Crippen molar-refractivity contribution < 1.29 is 4.79 Å². The molecule has 0 radical (unpaired) electrons. The Kier molecular flexibility index (Phi) is 8.95. The van der Waals surface area contributed by atoms with Crippen molar-refractivity contribution in [2.45, 2.75) is 45.6 Å². The largest absolute Gasteiger partial charge is 0.314 e. The summed E-state index contributed by atoms with van der Waals surface area (Å²) in [7, 11) is 0. The number of hydrogen-bond donors (Lipinski definition) is 1. The van der Waals surface area contributed by atoms with Crippen molar-refractivity contribution >= 4 is 6.08 Å². The van der Waals surface area contributed by atoms with Gasteiger partial charge >= 0.3 is 0 Å². The first-order valence-corrected chi connectivity index (χ1v) is 5.08. The summed E-state index contributed by atoms with van der Waals surface area (Å²) in [5.41, 5.74) is 0. The number of nitrogens with zero attached hydrogens (tertiary/aromatic N) is 1. The number of aliphatic imine (C=N–C) groups is 1. The maximum atomic E-state index is 9.27. The molecule has 1 rings (SSSR count). The van der Waals surface area contributed by atoms with E-state index in [1.54, 1.807) is 0 Å². The maximum Gasteiger partial charge on any atom is 0.234 e. The fraction of sp³-hybridized carbons (Fsp3) is 0.900. The van der Waals surface area contributed by atoms with E-state index in [2.05, 4.69) is 17.2 Å². The second kappa shape index (κ2) is 9.43. The van der Waals surface area contributed by atoms with Gasteiger partial charge in [-0.25, -0.2) is 9.79 Å². The summed E-state index contributed by atoms with van der Waals surface area (Å²) in [4.78, 5) is 12.6. The van der Waals surface area contributed by atoms with Crippen LogP contribution in [0.3, 0.4) is 0 Å². The summed E-state index contributed by atoms with van der Waals surface area (Å²) in [6.07, 6.45) is 6.55. The highest BCUT2D eigenvalue weighted by Crippen LogP contribution is 2.04. The van der Waals surface area contributed by atoms with Gasteiger partial charge in [-0.05, 0) is 32.7 Å². The van der Waals surface area contributed by atoms with Gasteiger partial charge in [0.05, 0.1) is 6.54 Å². The topological polar surface area (TPSA) is 41.5 Å². The van der Waals surface area contributed by atoms with Crippen molar-refractivity contribution in [3.63, 3.8) is 0 Å². The molecule has 0 aliphatic carbocycles. The van der Waals surface area contributed by atoms with Gasteiger partial charge in [-0.1, -0.05) is 13.3 Å². The number of hydrogen-bond acceptors (Lipinski definition) is 3. The molecule has 1 heterocycles. The van der Waals surface area contributed by atoms with E-state index in [1.165, 1.54) is 31.9 Å². The van der Waals surface area contributed by atoms with E-state index < -0.39 is 0 Å². The van der Waals surface area contributed by atoms with Crippen LogP contribution >= 0.6 is 0 Å². The second-order valence-electron chi connectivity index (χ2n) is 3.32. The maximum absolute atomic E-state index is 9.27. The van der Waals surface area contributed by atoms with Crippen molar-refractivity contribution in [1.29, 1.82) is 0 Å². The van der Waals surface area contributed by atoms with E-state index >= 15 is 0 Å². The van der Waals surface area contributed by atoms with Crippen LogP contribution in [0, 0.1) is 0 Å². The molecule has 1 aliphatic heterocycles. The molecule has 0 bridgehead atoms. The third kappa shape index (κ3) is 9.25. The summed E-state index contributed by atoms with van der Waals surface area (Å²) in [5.74, 6) is 0. The zero-order valence-electron chi connectivity index (χ0n) is 8.68. The first-order chi connectivity index (χ1) is 6.31. The smallest absolute Gasteiger partial charge is 0.234 e. The summed E-state index contributed by atoms with van der Waals surface area (Å²) >= 11 is 0. The van der Waals surface area contributed by atoms with Crippen molar-refractivity contribution in [3.05, 3.63) is 0 Å². The van der Waals surface area contributed by atoms with Gasteiger partial charge in [0, 0.05) is 6.04 Å². The molecule has 3 nitrogen and oxygen atoms in total. The molecule has 1 fully saturated rings. The van der Waals surface area contributed by atoms with Gasteiger partial charge in [0.25, 0.3) is 0 Å². The van der Waals surface area contributed by atoms with Crippen LogP contribution < -0.4 is 5.32 Å². The van der Waals surface area contributed by atoms with E-state index in [0.29, 0.717) is 6.54 Å². The van der Waals surface area contributed by atoms with Crippen LogP contribution in [-0.4, -0.2) is 25.2 Å². The fourth-order valence-electron chi connectivity index (χ4n) is 1.18. The minimum atomic E-state index is 0.615. The van der Waals surface area contributed by atoms with Gasteiger partial charge in [0.15, 0.2) is 0 Å². The lowest BCUT2D eigenvalue weighted by Gasteiger charge is -2.18. The van der Waals surface area contributed by atoms with E-state index in [-0.39, 0.29) is 0 Å². The summed E-state index contributed by atoms with van der Waals surface area (Å²) in [6, 6.07) is 0.786. The number of carbonyl (C=O) groups excluding carboxylic acids is 1. The van der Waals surface area contributed by atoms with Crippen LogP contribution in [0.5, 0.6) is 0 Å². The Bertz CT molecular complexity index is 147. The highest BCUT2D eigenvalue weighted by Gasteiger charge is 2.04. The van der Waals surface area contributed by atoms with Gasteiger partial charge in [-0.15, -0.1) is 0 Å². The van der Waals surface area contributed by atoms with Crippen LogP contribution in [0.15, 0.2) is 4.99 Å². The molecule has 0 amide bonds. The molecule has 13 heavy (non-hydrogen) atoms. The van der Waals surface area contributed by atoms with E-state index in [1.807, 2.05) is 6.92 Å². The fourth-order valence-corrected chi connectivity index (χ4v) is 1.18. The molecule has 1 aliphatic rings. The molecule has 1 atom stereocenters. The second-order valence-corrected chi connectivity index (χ2v) is 3.32. The Hall–Kier alpha value is -0.660. The van der Waals surface area contributed by atoms with Gasteiger partial charge < -0.3 is 5.32 Å². The standard InChI is InChI=1S/C6H13N.C4H7NO/c1-6-4-2-3-5-7-6;1-2-3-5-4-6/h6-7H,2-5H2,1H3;2-3H2,1H3. The summed E-state index contributed by atoms with van der Waals surface area (Å²) in [5, 5.41) is 3.38. The third-order valence-corrected chi connectivity index (χ3v) is 1.96. The molecule has 0 aromatic rings. The molecule has 1 saturated heterocycles. The first-order valence-electron chi connectivity index (χ1n) is 5.08. The lowest BCUT2D eigenvalue weighted by atomic mass is 10.1. The Labute approximate surface area is 80.6 Å². The van der Waals surface area contributed by atoms with E-state index in [4.69, 9.17) is 0 Å². The van der Waals surface area contributed by atoms with Crippen LogP contribution in [0.4, 0.5) is 0 Å². The molecule has 1 unspecified atom stereocenters. The SMILES string of the molecule is CC1CCCCN1.CCCN=C=O. The van der Waals surface area contributed by atoms with Gasteiger partial charge in [0.2, 0.25) is 6.08 Å². The van der Waals surface area contributed by atoms with E-state index in [0.717, 1.165) is 12.5 Å². The minimum Gasteiger partial charge on any atom is -0.314 e. The number of nitrogens with one attached hydrogen (secondary N) is 1. The van der Waals surface area contributed by atoms with Gasteiger partial charge in [0.1, 0.15) is 0 Å². The molecular formula is C10H20N2O. The summed E-state index contributed by atoms with van der Waals surface area (Å²) in [6.45, 7) is 6.06. The zero-order valence-corrected chi connectivity index (χ0v) is 8.68. The molecule has 76 valence electrons. The molecule has 0 aromatic heterocycles. The minimum absolute atomic E-state index is 0.615. The Balaban J connectivity index is 0.000000226. The lowest BCUT2D eigenvalue weighted by molar-refractivity contribution is 0.425. The molecular weight excluding hydrogens is 164 g/mol. The lowest BCUT2D eigenvalue weighted by Crippen LogP contribution is -2.30. The van der Waals surface area contributed by atoms with Crippen molar-refractivity contribution in [2.75, 3.05) is 13.1 Å². The quantitative estimate of drug-likeness (QED) is 0.526.